The molecule has 2 rings (SSSR count). The number of likely N-dealkylation sites (N-methyl/N-ethyl adjacent to an activating group) is 1. The summed E-state index contributed by atoms with van der Waals surface area (Å²) in [7, 11) is 1.97. The maximum atomic E-state index is 4.60. The van der Waals surface area contributed by atoms with Gasteiger partial charge in [0, 0.05) is 6.42 Å². The molecule has 0 atom stereocenters. The summed E-state index contributed by atoms with van der Waals surface area (Å²) in [6, 6.07) is 6.33. The van der Waals surface area contributed by atoms with Crippen LogP contribution in [0.4, 0.5) is 0 Å². The van der Waals surface area contributed by atoms with Crippen LogP contribution in [0.2, 0.25) is 0 Å². The molecule has 80 valence electrons. The number of fused-ring (bicyclic) bond motifs is 1. The monoisotopic (exact) mass is 203 g/mol. The van der Waals surface area contributed by atoms with Gasteiger partial charge in [-0.15, -0.1) is 0 Å². The zero-order chi connectivity index (χ0) is 10.7. The maximum Gasteiger partial charge on any atom is 0.106 e. The Morgan fingerprint density at radius 3 is 3.00 bits per heavy atom. The molecule has 0 fully saturated rings. The third-order valence-electron chi connectivity index (χ3n) is 2.62. The first-order chi connectivity index (χ1) is 7.35. The van der Waals surface area contributed by atoms with E-state index in [1.807, 2.05) is 7.05 Å². The maximum absolute atomic E-state index is 4.60. The van der Waals surface area contributed by atoms with Gasteiger partial charge in [-0.25, -0.2) is 4.98 Å². The number of imidazole rings is 1. The minimum Gasteiger partial charge on any atom is -0.342 e. The standard InChI is InChI=1S/C12H17N3/c1-3-11-14-10-6-4-5-9(7-8-13-2)12(10)15-11/h4-6,13H,3,7-8H2,1-2H3,(H,14,15). The van der Waals surface area contributed by atoms with Crippen molar-refractivity contribution in [2.24, 2.45) is 0 Å². The van der Waals surface area contributed by atoms with Crippen molar-refractivity contribution in [3.05, 3.63) is 29.6 Å². The molecule has 0 aliphatic carbocycles. The molecule has 0 radical (unpaired) electrons. The van der Waals surface area contributed by atoms with Crippen LogP contribution in [0.3, 0.4) is 0 Å². The number of nitrogens with one attached hydrogen (secondary N) is 2. The second-order valence-electron chi connectivity index (χ2n) is 3.70. The summed E-state index contributed by atoms with van der Waals surface area (Å²) in [5.74, 6) is 1.07. The number of aryl methyl sites for hydroxylation is 1. The summed E-state index contributed by atoms with van der Waals surface area (Å²) in [4.78, 5) is 7.93. The van der Waals surface area contributed by atoms with Gasteiger partial charge in [0.2, 0.25) is 0 Å². The van der Waals surface area contributed by atoms with Crippen molar-refractivity contribution in [3.63, 3.8) is 0 Å². The third kappa shape index (κ3) is 2.02. The summed E-state index contributed by atoms with van der Waals surface area (Å²) in [6.45, 7) is 3.11. The number of benzene rings is 1. The number of nitrogens with zero attached hydrogens (tertiary/aromatic N) is 1. The van der Waals surface area contributed by atoms with Crippen LogP contribution in [0.15, 0.2) is 18.2 Å². The Bertz CT molecular complexity index is 445. The van der Waals surface area contributed by atoms with Crippen LogP contribution in [0.5, 0.6) is 0 Å². The molecular weight excluding hydrogens is 186 g/mol. The van der Waals surface area contributed by atoms with Crippen LogP contribution in [0.25, 0.3) is 11.0 Å². The average molecular weight is 203 g/mol. The van der Waals surface area contributed by atoms with Gasteiger partial charge in [-0.2, -0.15) is 0 Å². The molecule has 0 spiro atoms. The van der Waals surface area contributed by atoms with Crippen molar-refractivity contribution in [3.8, 4) is 0 Å². The summed E-state index contributed by atoms with van der Waals surface area (Å²) in [5.41, 5.74) is 3.60. The molecule has 3 heteroatoms. The third-order valence-corrected chi connectivity index (χ3v) is 2.62. The second-order valence-corrected chi connectivity index (χ2v) is 3.70. The Hall–Kier alpha value is -1.35. The van der Waals surface area contributed by atoms with E-state index in [1.165, 1.54) is 5.56 Å². The minimum atomic E-state index is 0.958. The zero-order valence-corrected chi connectivity index (χ0v) is 9.30. The van der Waals surface area contributed by atoms with Gasteiger partial charge >= 0.3 is 0 Å². The van der Waals surface area contributed by atoms with Crippen molar-refractivity contribution in [1.82, 2.24) is 15.3 Å². The molecule has 0 aliphatic heterocycles. The van der Waals surface area contributed by atoms with E-state index in [0.29, 0.717) is 0 Å². The SMILES string of the molecule is CCc1nc2c(CCNC)cccc2[nH]1. The van der Waals surface area contributed by atoms with Crippen molar-refractivity contribution in [2.75, 3.05) is 13.6 Å². The Morgan fingerprint density at radius 1 is 1.40 bits per heavy atom. The summed E-state index contributed by atoms with van der Waals surface area (Å²) >= 11 is 0. The number of H-pyrrole nitrogens is 1. The minimum absolute atomic E-state index is 0.958. The molecule has 2 aromatic rings. The predicted octanol–water partition coefficient (Wildman–Crippen LogP) is 1.89. The molecule has 0 saturated carbocycles. The smallest absolute Gasteiger partial charge is 0.106 e. The highest BCUT2D eigenvalue weighted by Gasteiger charge is 2.05. The van der Waals surface area contributed by atoms with E-state index >= 15 is 0 Å². The zero-order valence-electron chi connectivity index (χ0n) is 9.30. The fourth-order valence-corrected chi connectivity index (χ4v) is 1.77. The Balaban J connectivity index is 2.40. The van der Waals surface area contributed by atoms with E-state index in [4.69, 9.17) is 0 Å². The van der Waals surface area contributed by atoms with Crippen LogP contribution in [-0.2, 0) is 12.8 Å². The van der Waals surface area contributed by atoms with Gasteiger partial charge in [-0.3, -0.25) is 0 Å². The first kappa shape index (κ1) is 10.2. The Morgan fingerprint density at radius 2 is 2.27 bits per heavy atom. The van der Waals surface area contributed by atoms with Crippen LogP contribution in [0, 0.1) is 0 Å². The average Bonchev–Trinajstić information content (AvgIpc) is 2.69. The number of para-hydroxylation sites is 1. The van der Waals surface area contributed by atoms with Gasteiger partial charge in [-0.05, 0) is 31.6 Å². The first-order valence-corrected chi connectivity index (χ1v) is 5.46. The van der Waals surface area contributed by atoms with Crippen molar-refractivity contribution < 1.29 is 0 Å². The lowest BCUT2D eigenvalue weighted by Gasteiger charge is -2.00. The molecule has 0 amide bonds. The van der Waals surface area contributed by atoms with E-state index in [1.54, 1.807) is 0 Å². The van der Waals surface area contributed by atoms with Crippen LogP contribution >= 0.6 is 0 Å². The highest BCUT2D eigenvalue weighted by Crippen LogP contribution is 2.16. The Labute approximate surface area is 89.9 Å². The number of hydrogen-bond donors (Lipinski definition) is 2. The highest BCUT2D eigenvalue weighted by atomic mass is 14.9. The summed E-state index contributed by atoms with van der Waals surface area (Å²) in [6.07, 6.45) is 1.99. The lowest BCUT2D eigenvalue weighted by molar-refractivity contribution is 0.794. The van der Waals surface area contributed by atoms with E-state index in [0.717, 1.165) is 36.2 Å². The van der Waals surface area contributed by atoms with Crippen LogP contribution in [-0.4, -0.2) is 23.6 Å². The molecule has 2 N–H and O–H groups in total. The highest BCUT2D eigenvalue weighted by molar-refractivity contribution is 5.78. The number of rotatable bonds is 4. The fraction of sp³-hybridized carbons (Fsp3) is 0.417. The topological polar surface area (TPSA) is 40.7 Å². The summed E-state index contributed by atoms with van der Waals surface area (Å²) < 4.78 is 0. The number of aromatic nitrogens is 2. The molecule has 1 heterocycles. The van der Waals surface area contributed by atoms with Gasteiger partial charge in [0.25, 0.3) is 0 Å². The van der Waals surface area contributed by atoms with Crippen molar-refractivity contribution in [1.29, 1.82) is 0 Å². The molecule has 0 unspecified atom stereocenters. The first-order valence-electron chi connectivity index (χ1n) is 5.46. The van der Waals surface area contributed by atoms with Gasteiger partial charge in [0.15, 0.2) is 0 Å². The molecule has 0 saturated heterocycles. The molecule has 3 nitrogen and oxygen atoms in total. The van der Waals surface area contributed by atoms with E-state index in [2.05, 4.69) is 40.4 Å². The van der Waals surface area contributed by atoms with Gasteiger partial charge in [-0.1, -0.05) is 19.1 Å². The molecular formula is C12H17N3. The lowest BCUT2D eigenvalue weighted by atomic mass is 10.1. The molecule has 1 aromatic heterocycles. The Kier molecular flexibility index (Phi) is 3.02. The van der Waals surface area contributed by atoms with Crippen LogP contribution < -0.4 is 5.32 Å². The van der Waals surface area contributed by atoms with Crippen LogP contribution in [0.1, 0.15) is 18.3 Å². The molecule has 0 bridgehead atoms. The van der Waals surface area contributed by atoms with Gasteiger partial charge in [0.05, 0.1) is 11.0 Å². The number of aromatic amines is 1. The lowest BCUT2D eigenvalue weighted by Crippen LogP contribution is -2.10. The molecule has 0 aliphatic rings. The van der Waals surface area contributed by atoms with Crippen molar-refractivity contribution in [2.45, 2.75) is 19.8 Å². The van der Waals surface area contributed by atoms with E-state index in [-0.39, 0.29) is 0 Å². The number of hydrogen-bond acceptors (Lipinski definition) is 2. The predicted molar refractivity (Wildman–Crippen MR) is 63.1 cm³/mol. The van der Waals surface area contributed by atoms with Gasteiger partial charge in [0.1, 0.15) is 5.82 Å². The quantitative estimate of drug-likeness (QED) is 0.796. The van der Waals surface area contributed by atoms with E-state index < -0.39 is 0 Å². The largest absolute Gasteiger partial charge is 0.342 e. The van der Waals surface area contributed by atoms with Crippen molar-refractivity contribution >= 4 is 11.0 Å². The summed E-state index contributed by atoms with van der Waals surface area (Å²) in [5, 5.41) is 3.16. The molecule has 15 heavy (non-hydrogen) atoms. The fourth-order valence-electron chi connectivity index (χ4n) is 1.77. The second kappa shape index (κ2) is 4.45. The van der Waals surface area contributed by atoms with E-state index in [9.17, 15) is 0 Å². The van der Waals surface area contributed by atoms with Gasteiger partial charge < -0.3 is 10.3 Å². The molecule has 1 aromatic carbocycles. The normalized spacial score (nSPS) is 11.1.